The third-order valence-electron chi connectivity index (χ3n) is 2.98. The first-order valence-electron chi connectivity index (χ1n) is 5.87. The monoisotopic (exact) mass is 256 g/mol. The van der Waals surface area contributed by atoms with E-state index in [9.17, 15) is 4.39 Å². The molecule has 17 heavy (non-hydrogen) atoms. The van der Waals surface area contributed by atoms with Gasteiger partial charge in [-0.15, -0.1) is 0 Å². The van der Waals surface area contributed by atoms with E-state index in [4.69, 9.17) is 4.74 Å². The zero-order valence-electron chi connectivity index (χ0n) is 10.7. The van der Waals surface area contributed by atoms with Gasteiger partial charge >= 0.3 is 0 Å². The Labute approximate surface area is 109 Å². The van der Waals surface area contributed by atoms with Gasteiger partial charge in [0.25, 0.3) is 0 Å². The van der Waals surface area contributed by atoms with Crippen LogP contribution in [0.1, 0.15) is 26.3 Å². The molecule has 1 nitrogen and oxygen atoms in total. The van der Waals surface area contributed by atoms with E-state index in [2.05, 4.69) is 33.4 Å². The molecule has 0 radical (unpaired) electrons. The quantitative estimate of drug-likeness (QED) is 0.785. The van der Waals surface area contributed by atoms with Crippen LogP contribution in [0, 0.1) is 17.2 Å². The Morgan fingerprint density at radius 1 is 1.29 bits per heavy atom. The summed E-state index contributed by atoms with van der Waals surface area (Å²) in [6.45, 7) is 7.44. The Balaban J connectivity index is 2.45. The van der Waals surface area contributed by atoms with Crippen LogP contribution < -0.4 is 0 Å². The normalized spacial score (nSPS) is 13.7. The molecule has 3 heteroatoms. The summed E-state index contributed by atoms with van der Waals surface area (Å²) in [6, 6.07) is 6.72. The Hall–Kier alpha value is -0.540. The maximum absolute atomic E-state index is 13.3. The number of rotatable bonds is 5. The molecule has 1 rings (SSSR count). The van der Waals surface area contributed by atoms with Crippen LogP contribution in [0.15, 0.2) is 24.3 Å². The van der Waals surface area contributed by atoms with E-state index in [1.54, 1.807) is 12.1 Å². The molecule has 0 aliphatic rings. The van der Waals surface area contributed by atoms with Gasteiger partial charge in [-0.2, -0.15) is 12.6 Å². The number of benzene rings is 1. The van der Waals surface area contributed by atoms with Gasteiger partial charge in [-0.3, -0.25) is 0 Å². The van der Waals surface area contributed by atoms with E-state index in [-0.39, 0.29) is 11.2 Å². The van der Waals surface area contributed by atoms with Crippen molar-refractivity contribution in [2.45, 2.75) is 27.4 Å². The number of hydrogen-bond acceptors (Lipinski definition) is 2. The van der Waals surface area contributed by atoms with Crippen molar-refractivity contribution in [3.8, 4) is 0 Å². The largest absolute Gasteiger partial charge is 0.376 e. The molecule has 0 aliphatic carbocycles. The van der Waals surface area contributed by atoms with Crippen molar-refractivity contribution in [2.75, 3.05) is 12.4 Å². The van der Waals surface area contributed by atoms with Gasteiger partial charge in [0.1, 0.15) is 5.82 Å². The third-order valence-corrected chi connectivity index (χ3v) is 3.42. The SMILES string of the molecule is CC(C)(C)C(CS)COCc1ccccc1F. The molecule has 0 amide bonds. The van der Waals surface area contributed by atoms with Crippen LogP contribution in [0.5, 0.6) is 0 Å². The van der Waals surface area contributed by atoms with E-state index in [1.807, 2.05) is 6.07 Å². The van der Waals surface area contributed by atoms with E-state index >= 15 is 0 Å². The van der Waals surface area contributed by atoms with Gasteiger partial charge in [-0.05, 0) is 23.2 Å². The molecule has 1 aromatic carbocycles. The molecule has 1 aromatic rings. The Morgan fingerprint density at radius 3 is 2.47 bits per heavy atom. The van der Waals surface area contributed by atoms with Crippen LogP contribution >= 0.6 is 12.6 Å². The summed E-state index contributed by atoms with van der Waals surface area (Å²) in [5, 5.41) is 0. The highest BCUT2D eigenvalue weighted by Crippen LogP contribution is 2.27. The summed E-state index contributed by atoms with van der Waals surface area (Å²) in [5.74, 6) is 0.948. The Bertz CT molecular complexity index is 346. The highest BCUT2D eigenvalue weighted by Gasteiger charge is 2.23. The summed E-state index contributed by atoms with van der Waals surface area (Å²) < 4.78 is 18.9. The summed E-state index contributed by atoms with van der Waals surface area (Å²) in [4.78, 5) is 0. The number of ether oxygens (including phenoxy) is 1. The van der Waals surface area contributed by atoms with Crippen molar-refractivity contribution in [3.63, 3.8) is 0 Å². The van der Waals surface area contributed by atoms with Crippen LogP contribution in [0.3, 0.4) is 0 Å². The van der Waals surface area contributed by atoms with Crippen molar-refractivity contribution in [2.24, 2.45) is 11.3 Å². The fourth-order valence-corrected chi connectivity index (χ4v) is 2.16. The smallest absolute Gasteiger partial charge is 0.128 e. The molecular formula is C14H21FOS. The molecule has 0 heterocycles. The lowest BCUT2D eigenvalue weighted by atomic mass is 9.82. The van der Waals surface area contributed by atoms with Crippen molar-refractivity contribution in [3.05, 3.63) is 35.6 Å². The average Bonchev–Trinajstić information content (AvgIpc) is 2.25. The molecule has 96 valence electrons. The van der Waals surface area contributed by atoms with Crippen LogP contribution in [0.4, 0.5) is 4.39 Å². The zero-order chi connectivity index (χ0) is 12.9. The molecular weight excluding hydrogens is 235 g/mol. The summed E-state index contributed by atoms with van der Waals surface area (Å²) >= 11 is 4.34. The third kappa shape index (κ3) is 4.68. The molecule has 0 bridgehead atoms. The highest BCUT2D eigenvalue weighted by atomic mass is 32.1. The molecule has 0 aromatic heterocycles. The minimum atomic E-state index is -0.203. The summed E-state index contributed by atoms with van der Waals surface area (Å²) in [7, 11) is 0. The maximum Gasteiger partial charge on any atom is 0.128 e. The fourth-order valence-electron chi connectivity index (χ4n) is 1.50. The Morgan fingerprint density at radius 2 is 1.94 bits per heavy atom. The summed E-state index contributed by atoms with van der Waals surface area (Å²) in [6.07, 6.45) is 0. The maximum atomic E-state index is 13.3. The van der Waals surface area contributed by atoms with Crippen LogP contribution in [-0.2, 0) is 11.3 Å². The van der Waals surface area contributed by atoms with Gasteiger partial charge in [0.2, 0.25) is 0 Å². The lowest BCUT2D eigenvalue weighted by molar-refractivity contribution is 0.0548. The first-order chi connectivity index (χ1) is 7.95. The van der Waals surface area contributed by atoms with Crippen LogP contribution in [0.25, 0.3) is 0 Å². The number of halogens is 1. The van der Waals surface area contributed by atoms with E-state index in [0.717, 1.165) is 5.75 Å². The van der Waals surface area contributed by atoms with Crippen molar-refractivity contribution in [1.82, 2.24) is 0 Å². The minimum absolute atomic E-state index is 0.164. The van der Waals surface area contributed by atoms with Crippen LogP contribution in [-0.4, -0.2) is 12.4 Å². The first kappa shape index (κ1) is 14.5. The first-order valence-corrected chi connectivity index (χ1v) is 6.50. The second-order valence-electron chi connectivity index (χ2n) is 5.35. The minimum Gasteiger partial charge on any atom is -0.376 e. The second kappa shape index (κ2) is 6.41. The van der Waals surface area contributed by atoms with Crippen molar-refractivity contribution < 1.29 is 9.13 Å². The molecule has 0 N–H and O–H groups in total. The van der Waals surface area contributed by atoms with Crippen LogP contribution in [0.2, 0.25) is 0 Å². The van der Waals surface area contributed by atoms with Gasteiger partial charge < -0.3 is 4.74 Å². The molecule has 0 saturated heterocycles. The standard InChI is InChI=1S/C14H21FOS/c1-14(2,3)12(10-17)9-16-8-11-6-4-5-7-13(11)15/h4-7,12,17H,8-10H2,1-3H3. The van der Waals surface area contributed by atoms with E-state index < -0.39 is 0 Å². The predicted octanol–water partition coefficient (Wildman–Crippen LogP) is 3.93. The van der Waals surface area contributed by atoms with E-state index in [1.165, 1.54) is 6.07 Å². The molecule has 0 saturated carbocycles. The molecule has 0 fully saturated rings. The lowest BCUT2D eigenvalue weighted by Gasteiger charge is -2.29. The van der Waals surface area contributed by atoms with Gasteiger partial charge in [0.15, 0.2) is 0 Å². The number of thiol groups is 1. The van der Waals surface area contributed by atoms with Gasteiger partial charge in [-0.25, -0.2) is 4.39 Å². The topological polar surface area (TPSA) is 9.23 Å². The summed E-state index contributed by atoms with van der Waals surface area (Å²) in [5.41, 5.74) is 0.774. The number of hydrogen-bond donors (Lipinski definition) is 1. The Kier molecular flexibility index (Phi) is 5.47. The lowest BCUT2D eigenvalue weighted by Crippen LogP contribution is -2.26. The van der Waals surface area contributed by atoms with Gasteiger partial charge in [0.05, 0.1) is 13.2 Å². The second-order valence-corrected chi connectivity index (χ2v) is 5.72. The van der Waals surface area contributed by atoms with E-state index in [0.29, 0.717) is 24.7 Å². The predicted molar refractivity (Wildman–Crippen MR) is 72.9 cm³/mol. The average molecular weight is 256 g/mol. The molecule has 0 spiro atoms. The molecule has 0 aliphatic heterocycles. The zero-order valence-corrected chi connectivity index (χ0v) is 11.6. The molecule has 1 unspecified atom stereocenters. The van der Waals surface area contributed by atoms with Crippen molar-refractivity contribution in [1.29, 1.82) is 0 Å². The molecule has 1 atom stereocenters. The fraction of sp³-hybridized carbons (Fsp3) is 0.571. The van der Waals surface area contributed by atoms with Gasteiger partial charge in [0, 0.05) is 5.56 Å². The van der Waals surface area contributed by atoms with Gasteiger partial charge in [-0.1, -0.05) is 39.0 Å². The van der Waals surface area contributed by atoms with Crippen molar-refractivity contribution >= 4 is 12.6 Å². The highest BCUT2D eigenvalue weighted by molar-refractivity contribution is 7.80.